The summed E-state index contributed by atoms with van der Waals surface area (Å²) in [6.07, 6.45) is 9.96. The monoisotopic (exact) mass is 452 g/mol. The van der Waals surface area contributed by atoms with E-state index in [4.69, 9.17) is 4.74 Å². The third kappa shape index (κ3) is 3.63. The molecule has 34 heavy (non-hydrogen) atoms. The maximum Gasteiger partial charge on any atom is 0.126 e. The summed E-state index contributed by atoms with van der Waals surface area (Å²) in [6, 6.07) is 15.8. The standard InChI is InChI=1S/C31H36N2O/c1-7-17-32-23-13-11-22(12-14-23)31(5)19-21-9-8-10-26(34-6)28(21)24-15-16-25-27(29(24)31)20(2)18-30(3,4)33-25/h7-16,18,25,27,32-33H,1,17,19H2,2-6H3. The minimum atomic E-state index is -0.127. The molecule has 0 fully saturated rings. The molecule has 0 bridgehead atoms. The van der Waals surface area contributed by atoms with Crippen molar-refractivity contribution in [1.82, 2.24) is 5.32 Å². The van der Waals surface area contributed by atoms with Crippen LogP contribution in [0.25, 0.3) is 5.57 Å². The van der Waals surface area contributed by atoms with Gasteiger partial charge in [-0.3, -0.25) is 0 Å². The van der Waals surface area contributed by atoms with E-state index in [1.807, 2.05) is 6.08 Å². The molecule has 1 heterocycles. The molecule has 5 rings (SSSR count). The molecule has 0 aromatic heterocycles. The first-order valence-electron chi connectivity index (χ1n) is 12.3. The van der Waals surface area contributed by atoms with Gasteiger partial charge in [0.25, 0.3) is 0 Å². The lowest BCUT2D eigenvalue weighted by molar-refractivity contribution is 0.333. The van der Waals surface area contributed by atoms with Gasteiger partial charge in [-0.25, -0.2) is 0 Å². The molecule has 3 heteroatoms. The van der Waals surface area contributed by atoms with Crippen LogP contribution in [0.5, 0.6) is 5.75 Å². The maximum absolute atomic E-state index is 5.87. The molecule has 1 aliphatic heterocycles. The van der Waals surface area contributed by atoms with E-state index < -0.39 is 0 Å². The number of allylic oxidation sites excluding steroid dienone is 2. The van der Waals surface area contributed by atoms with Crippen LogP contribution in [-0.2, 0) is 11.8 Å². The normalized spacial score (nSPS) is 26.7. The van der Waals surface area contributed by atoms with E-state index in [-0.39, 0.29) is 17.0 Å². The van der Waals surface area contributed by atoms with Crippen LogP contribution in [0.1, 0.15) is 44.4 Å². The highest BCUT2D eigenvalue weighted by atomic mass is 16.5. The van der Waals surface area contributed by atoms with Crippen LogP contribution in [0.15, 0.2) is 84.5 Å². The van der Waals surface area contributed by atoms with Crippen LogP contribution in [0, 0.1) is 5.92 Å². The maximum atomic E-state index is 5.87. The molecule has 2 aliphatic carbocycles. The zero-order valence-electron chi connectivity index (χ0n) is 21.0. The molecule has 3 nitrogen and oxygen atoms in total. The predicted molar refractivity (Wildman–Crippen MR) is 143 cm³/mol. The van der Waals surface area contributed by atoms with Crippen molar-refractivity contribution < 1.29 is 4.74 Å². The van der Waals surface area contributed by atoms with Gasteiger partial charge < -0.3 is 15.4 Å². The van der Waals surface area contributed by atoms with E-state index in [1.54, 1.807) is 7.11 Å². The van der Waals surface area contributed by atoms with E-state index in [0.717, 1.165) is 24.4 Å². The molecule has 0 saturated carbocycles. The Morgan fingerprint density at radius 2 is 1.91 bits per heavy atom. The van der Waals surface area contributed by atoms with Gasteiger partial charge in [-0.2, -0.15) is 0 Å². The van der Waals surface area contributed by atoms with Crippen molar-refractivity contribution in [2.24, 2.45) is 5.92 Å². The summed E-state index contributed by atoms with van der Waals surface area (Å²) in [5.41, 5.74) is 9.20. The van der Waals surface area contributed by atoms with Gasteiger partial charge in [0.15, 0.2) is 0 Å². The summed E-state index contributed by atoms with van der Waals surface area (Å²) in [6.45, 7) is 13.8. The van der Waals surface area contributed by atoms with Crippen LogP contribution in [0.4, 0.5) is 5.69 Å². The molecule has 176 valence electrons. The van der Waals surface area contributed by atoms with Crippen LogP contribution in [0.2, 0.25) is 0 Å². The zero-order chi connectivity index (χ0) is 24.1. The van der Waals surface area contributed by atoms with E-state index >= 15 is 0 Å². The quantitative estimate of drug-likeness (QED) is 0.512. The molecule has 0 radical (unpaired) electrons. The second-order valence-corrected chi connectivity index (χ2v) is 10.7. The van der Waals surface area contributed by atoms with Gasteiger partial charge in [0.2, 0.25) is 0 Å². The molecule has 2 N–H and O–H groups in total. The number of anilines is 1. The Kier molecular flexibility index (Phi) is 5.56. The molecule has 3 aliphatic rings. The summed E-state index contributed by atoms with van der Waals surface area (Å²) in [5, 5.41) is 7.29. The SMILES string of the molecule is C=CCNc1ccc(C2(C)Cc3cccc(OC)c3C3=C2C2C(C)=CC(C)(C)NC2C=C3)cc1. The van der Waals surface area contributed by atoms with Gasteiger partial charge in [-0.1, -0.05) is 61.1 Å². The van der Waals surface area contributed by atoms with Gasteiger partial charge in [0, 0.05) is 40.7 Å². The van der Waals surface area contributed by atoms with E-state index in [2.05, 4.69) is 106 Å². The Morgan fingerprint density at radius 3 is 2.62 bits per heavy atom. The third-order valence-electron chi connectivity index (χ3n) is 7.76. The van der Waals surface area contributed by atoms with Crippen LogP contribution in [-0.4, -0.2) is 25.2 Å². The number of nitrogens with one attached hydrogen (secondary N) is 2. The summed E-state index contributed by atoms with van der Waals surface area (Å²) in [4.78, 5) is 0. The summed E-state index contributed by atoms with van der Waals surface area (Å²) in [5.74, 6) is 1.28. The average molecular weight is 453 g/mol. The number of hydrogen-bond donors (Lipinski definition) is 2. The topological polar surface area (TPSA) is 33.3 Å². The molecular formula is C31H36N2O. The number of fused-ring (bicyclic) bond motifs is 4. The first-order chi connectivity index (χ1) is 16.3. The largest absolute Gasteiger partial charge is 0.496 e. The van der Waals surface area contributed by atoms with E-state index in [9.17, 15) is 0 Å². The third-order valence-corrected chi connectivity index (χ3v) is 7.76. The number of benzene rings is 2. The molecular weight excluding hydrogens is 416 g/mol. The van der Waals surface area contributed by atoms with Crippen LogP contribution in [0.3, 0.4) is 0 Å². The highest BCUT2D eigenvalue weighted by Crippen LogP contribution is 2.54. The smallest absolute Gasteiger partial charge is 0.126 e. The molecule has 2 aromatic rings. The van der Waals surface area contributed by atoms with Crippen molar-refractivity contribution in [2.75, 3.05) is 19.0 Å². The number of rotatable bonds is 5. The Morgan fingerprint density at radius 1 is 1.15 bits per heavy atom. The van der Waals surface area contributed by atoms with E-state index in [1.165, 1.54) is 33.4 Å². The first kappa shape index (κ1) is 22.7. The van der Waals surface area contributed by atoms with Crippen molar-refractivity contribution in [3.63, 3.8) is 0 Å². The van der Waals surface area contributed by atoms with Crippen molar-refractivity contribution in [2.45, 2.75) is 51.1 Å². The van der Waals surface area contributed by atoms with Crippen molar-refractivity contribution >= 4 is 11.3 Å². The first-order valence-corrected chi connectivity index (χ1v) is 12.3. The van der Waals surface area contributed by atoms with Crippen LogP contribution < -0.4 is 15.4 Å². The van der Waals surface area contributed by atoms with Gasteiger partial charge >= 0.3 is 0 Å². The van der Waals surface area contributed by atoms with Crippen molar-refractivity contribution in [1.29, 1.82) is 0 Å². The molecule has 3 atom stereocenters. The van der Waals surface area contributed by atoms with E-state index in [0.29, 0.717) is 5.92 Å². The second kappa shape index (κ2) is 8.32. The number of hydrogen-bond acceptors (Lipinski definition) is 3. The summed E-state index contributed by atoms with van der Waals surface area (Å²) < 4.78 is 5.87. The lowest BCUT2D eigenvalue weighted by Crippen LogP contribution is -2.54. The highest BCUT2D eigenvalue weighted by Gasteiger charge is 2.47. The Labute approximate surface area is 204 Å². The Hall–Kier alpha value is -3.04. The zero-order valence-corrected chi connectivity index (χ0v) is 21.0. The molecule has 2 aromatic carbocycles. The van der Waals surface area contributed by atoms with Crippen molar-refractivity contribution in [3.8, 4) is 5.75 Å². The average Bonchev–Trinajstić information content (AvgIpc) is 2.81. The minimum Gasteiger partial charge on any atom is -0.496 e. The lowest BCUT2D eigenvalue weighted by atomic mass is 9.57. The van der Waals surface area contributed by atoms with Gasteiger partial charge in [-0.05, 0) is 67.7 Å². The lowest BCUT2D eigenvalue weighted by Gasteiger charge is -2.50. The van der Waals surface area contributed by atoms with Crippen LogP contribution >= 0.6 is 0 Å². The van der Waals surface area contributed by atoms with Crippen molar-refractivity contribution in [3.05, 3.63) is 101 Å². The number of methoxy groups -OCH3 is 1. The second-order valence-electron chi connectivity index (χ2n) is 10.7. The molecule has 0 amide bonds. The van der Waals surface area contributed by atoms with Gasteiger partial charge in [0.05, 0.1) is 7.11 Å². The predicted octanol–water partition coefficient (Wildman–Crippen LogP) is 6.44. The molecule has 0 saturated heterocycles. The fourth-order valence-corrected chi connectivity index (χ4v) is 6.46. The van der Waals surface area contributed by atoms with Gasteiger partial charge in [0.1, 0.15) is 5.75 Å². The summed E-state index contributed by atoms with van der Waals surface area (Å²) >= 11 is 0. The highest BCUT2D eigenvalue weighted by molar-refractivity contribution is 5.88. The molecule has 3 unspecified atom stereocenters. The number of ether oxygens (including phenoxy) is 1. The fourth-order valence-electron chi connectivity index (χ4n) is 6.46. The minimum absolute atomic E-state index is 0.0210. The Bertz CT molecular complexity index is 1210. The fraction of sp³-hybridized carbons (Fsp3) is 0.355. The van der Waals surface area contributed by atoms with Gasteiger partial charge in [-0.15, -0.1) is 6.58 Å². The molecule has 0 spiro atoms. The summed E-state index contributed by atoms with van der Waals surface area (Å²) in [7, 11) is 1.78. The Balaban J connectivity index is 1.72.